The van der Waals surface area contributed by atoms with E-state index in [-0.39, 0.29) is 5.91 Å². The number of aromatic nitrogens is 2. The van der Waals surface area contributed by atoms with Crippen molar-refractivity contribution in [2.45, 2.75) is 18.4 Å². The van der Waals surface area contributed by atoms with E-state index < -0.39 is 0 Å². The van der Waals surface area contributed by atoms with Crippen LogP contribution in [0, 0.1) is 6.92 Å². The molecule has 0 saturated heterocycles. The van der Waals surface area contributed by atoms with E-state index in [0.29, 0.717) is 12.1 Å². The lowest BCUT2D eigenvalue weighted by Gasteiger charge is -2.07. The average Bonchev–Trinajstić information content (AvgIpc) is 2.40. The first-order valence-electron chi connectivity index (χ1n) is 5.60. The lowest BCUT2D eigenvalue weighted by Crippen LogP contribution is -2.23. The summed E-state index contributed by atoms with van der Waals surface area (Å²) in [7, 11) is 0. The number of halogens is 1. The Morgan fingerprint density at radius 3 is 2.84 bits per heavy atom. The largest absolute Gasteiger partial charge is 0.346 e. The summed E-state index contributed by atoms with van der Waals surface area (Å²) >= 11 is 7.57. The molecule has 0 atom stereocenters. The van der Waals surface area contributed by atoms with Crippen molar-refractivity contribution in [2.24, 2.45) is 0 Å². The Morgan fingerprint density at radius 1 is 1.37 bits per heavy atom. The summed E-state index contributed by atoms with van der Waals surface area (Å²) in [5, 5.41) is 2.80. The molecular formula is C13H12BrN3OS. The van der Waals surface area contributed by atoms with Gasteiger partial charge in [-0.05, 0) is 41.1 Å². The molecular weight excluding hydrogens is 326 g/mol. The lowest BCUT2D eigenvalue weighted by molar-refractivity contribution is 0.0949. The van der Waals surface area contributed by atoms with Crippen LogP contribution in [0.2, 0.25) is 0 Å². The van der Waals surface area contributed by atoms with Crippen LogP contribution in [-0.4, -0.2) is 15.9 Å². The van der Waals surface area contributed by atoms with E-state index in [1.54, 1.807) is 24.5 Å². The van der Waals surface area contributed by atoms with Crippen LogP contribution in [-0.2, 0) is 6.54 Å². The van der Waals surface area contributed by atoms with E-state index >= 15 is 0 Å². The Morgan fingerprint density at radius 2 is 2.16 bits per heavy atom. The molecule has 0 aliphatic rings. The molecule has 2 aromatic rings. The van der Waals surface area contributed by atoms with Crippen molar-refractivity contribution in [3.8, 4) is 0 Å². The Labute approximate surface area is 125 Å². The van der Waals surface area contributed by atoms with E-state index in [1.807, 2.05) is 13.0 Å². The van der Waals surface area contributed by atoms with Crippen molar-refractivity contribution in [3.63, 3.8) is 0 Å². The molecule has 1 amide bonds. The topological polar surface area (TPSA) is 54.9 Å². The molecule has 0 aliphatic heterocycles. The number of rotatable bonds is 3. The number of benzene rings is 1. The summed E-state index contributed by atoms with van der Waals surface area (Å²) in [4.78, 5) is 21.1. The SMILES string of the molecule is Cc1cnc(CNC(=O)c2cc(S)ccc2Br)cn1. The van der Waals surface area contributed by atoms with Gasteiger partial charge in [0.05, 0.1) is 29.7 Å². The fourth-order valence-corrected chi connectivity index (χ4v) is 2.09. The first-order valence-corrected chi connectivity index (χ1v) is 6.84. The third kappa shape index (κ3) is 3.78. The molecule has 0 spiro atoms. The summed E-state index contributed by atoms with van der Waals surface area (Å²) in [6, 6.07) is 5.32. The second kappa shape index (κ2) is 6.16. The number of nitrogens with one attached hydrogen (secondary N) is 1. The van der Waals surface area contributed by atoms with Crippen LogP contribution in [0.15, 0.2) is 40.0 Å². The van der Waals surface area contributed by atoms with Crippen LogP contribution < -0.4 is 5.32 Å². The van der Waals surface area contributed by atoms with Gasteiger partial charge in [0, 0.05) is 15.6 Å². The van der Waals surface area contributed by atoms with Gasteiger partial charge < -0.3 is 5.32 Å². The first kappa shape index (κ1) is 14.0. The zero-order valence-electron chi connectivity index (χ0n) is 10.2. The number of aryl methyl sites for hydroxylation is 1. The molecule has 4 nitrogen and oxygen atoms in total. The van der Waals surface area contributed by atoms with E-state index in [4.69, 9.17) is 0 Å². The highest BCUT2D eigenvalue weighted by Crippen LogP contribution is 2.20. The van der Waals surface area contributed by atoms with Gasteiger partial charge in [-0.3, -0.25) is 14.8 Å². The van der Waals surface area contributed by atoms with Crippen LogP contribution in [0.25, 0.3) is 0 Å². The van der Waals surface area contributed by atoms with Gasteiger partial charge in [0.15, 0.2) is 0 Å². The minimum atomic E-state index is -0.176. The van der Waals surface area contributed by atoms with Gasteiger partial charge in [-0.25, -0.2) is 0 Å². The van der Waals surface area contributed by atoms with Crippen molar-refractivity contribution in [1.29, 1.82) is 0 Å². The Bertz CT molecular complexity index is 601. The third-order valence-electron chi connectivity index (χ3n) is 2.46. The molecule has 2 rings (SSSR count). The van der Waals surface area contributed by atoms with Gasteiger partial charge in [-0.2, -0.15) is 0 Å². The second-order valence-electron chi connectivity index (χ2n) is 4.00. The number of carbonyl (C=O) groups is 1. The number of hydrogen-bond donors (Lipinski definition) is 2. The summed E-state index contributed by atoms with van der Waals surface area (Å²) in [6.45, 7) is 2.21. The second-order valence-corrected chi connectivity index (χ2v) is 5.37. The van der Waals surface area contributed by atoms with Gasteiger partial charge >= 0.3 is 0 Å². The highest BCUT2D eigenvalue weighted by atomic mass is 79.9. The van der Waals surface area contributed by atoms with Gasteiger partial charge in [0.1, 0.15) is 0 Å². The minimum Gasteiger partial charge on any atom is -0.346 e. The molecule has 0 radical (unpaired) electrons. The fraction of sp³-hybridized carbons (Fsp3) is 0.154. The molecule has 6 heteroatoms. The Kier molecular flexibility index (Phi) is 4.55. The fourth-order valence-electron chi connectivity index (χ4n) is 1.46. The summed E-state index contributed by atoms with van der Waals surface area (Å²) in [5.74, 6) is -0.176. The molecule has 1 aromatic carbocycles. The molecule has 19 heavy (non-hydrogen) atoms. The van der Waals surface area contributed by atoms with Crippen LogP contribution >= 0.6 is 28.6 Å². The van der Waals surface area contributed by atoms with E-state index in [1.165, 1.54) is 0 Å². The smallest absolute Gasteiger partial charge is 0.252 e. The van der Waals surface area contributed by atoms with E-state index in [2.05, 4.69) is 43.8 Å². The summed E-state index contributed by atoms with van der Waals surface area (Å²) in [6.07, 6.45) is 3.32. The standard InChI is InChI=1S/C13H12BrN3OS/c1-8-5-16-9(6-15-8)7-17-13(18)11-4-10(19)2-3-12(11)14/h2-6,19H,7H2,1H3,(H,17,18). The Hall–Kier alpha value is -1.40. The van der Waals surface area contributed by atoms with Crippen molar-refractivity contribution >= 4 is 34.5 Å². The normalized spacial score (nSPS) is 10.3. The van der Waals surface area contributed by atoms with Gasteiger partial charge in [0.2, 0.25) is 0 Å². The third-order valence-corrected chi connectivity index (χ3v) is 3.43. The van der Waals surface area contributed by atoms with Crippen LogP contribution in [0.1, 0.15) is 21.7 Å². The minimum absolute atomic E-state index is 0.176. The number of thiol groups is 1. The number of amides is 1. The molecule has 0 bridgehead atoms. The summed E-state index contributed by atoms with van der Waals surface area (Å²) in [5.41, 5.74) is 2.12. The molecule has 98 valence electrons. The van der Waals surface area contributed by atoms with Gasteiger partial charge in [0.25, 0.3) is 5.91 Å². The number of nitrogens with zero attached hydrogens (tertiary/aromatic N) is 2. The van der Waals surface area contributed by atoms with Crippen LogP contribution in [0.4, 0.5) is 0 Å². The van der Waals surface area contributed by atoms with Crippen molar-refractivity contribution in [1.82, 2.24) is 15.3 Å². The van der Waals surface area contributed by atoms with Crippen molar-refractivity contribution in [3.05, 3.63) is 52.0 Å². The average molecular weight is 338 g/mol. The highest BCUT2D eigenvalue weighted by Gasteiger charge is 2.10. The first-order chi connectivity index (χ1) is 9.06. The maximum Gasteiger partial charge on any atom is 0.252 e. The van der Waals surface area contributed by atoms with Gasteiger partial charge in [-0.1, -0.05) is 0 Å². The van der Waals surface area contributed by atoms with E-state index in [9.17, 15) is 4.79 Å². The molecule has 1 aromatic heterocycles. The van der Waals surface area contributed by atoms with Crippen LogP contribution in [0.3, 0.4) is 0 Å². The summed E-state index contributed by atoms with van der Waals surface area (Å²) < 4.78 is 0.734. The molecule has 1 heterocycles. The maximum absolute atomic E-state index is 12.0. The number of hydrogen-bond acceptors (Lipinski definition) is 4. The monoisotopic (exact) mass is 337 g/mol. The van der Waals surface area contributed by atoms with E-state index in [0.717, 1.165) is 20.8 Å². The predicted molar refractivity (Wildman–Crippen MR) is 79.3 cm³/mol. The zero-order chi connectivity index (χ0) is 13.8. The molecule has 0 fully saturated rings. The zero-order valence-corrected chi connectivity index (χ0v) is 12.7. The van der Waals surface area contributed by atoms with Crippen LogP contribution in [0.5, 0.6) is 0 Å². The van der Waals surface area contributed by atoms with Gasteiger partial charge in [-0.15, -0.1) is 12.6 Å². The number of carbonyl (C=O) groups excluding carboxylic acids is 1. The molecule has 0 aliphatic carbocycles. The quantitative estimate of drug-likeness (QED) is 0.846. The predicted octanol–water partition coefficient (Wildman–Crippen LogP) is 2.77. The molecule has 0 saturated carbocycles. The maximum atomic E-state index is 12.0. The highest BCUT2D eigenvalue weighted by molar-refractivity contribution is 9.10. The van der Waals surface area contributed by atoms with Crippen molar-refractivity contribution in [2.75, 3.05) is 0 Å². The molecule has 0 unspecified atom stereocenters. The molecule has 1 N–H and O–H groups in total. The Balaban J connectivity index is 2.05. The van der Waals surface area contributed by atoms with Crippen molar-refractivity contribution < 1.29 is 4.79 Å². The lowest BCUT2D eigenvalue weighted by atomic mass is 10.2.